The van der Waals surface area contributed by atoms with Crippen LogP contribution < -0.4 is 10.6 Å². The van der Waals surface area contributed by atoms with Gasteiger partial charge < -0.3 is 15.1 Å². The van der Waals surface area contributed by atoms with Crippen LogP contribution in [0, 0.1) is 5.82 Å². The van der Waals surface area contributed by atoms with Crippen LogP contribution in [-0.2, 0) is 5.75 Å². The lowest BCUT2D eigenvalue weighted by molar-refractivity contribution is 0.0958. The molecule has 0 aliphatic carbocycles. The van der Waals surface area contributed by atoms with Gasteiger partial charge in [-0.25, -0.2) is 4.39 Å². The maximum atomic E-state index is 13.5. The average molecular weight is 404 g/mol. The molecule has 0 aliphatic rings. The zero-order chi connectivity index (χ0) is 19.1. The summed E-state index contributed by atoms with van der Waals surface area (Å²) in [6, 6.07) is 13.2. The van der Waals surface area contributed by atoms with Crippen molar-refractivity contribution in [3.63, 3.8) is 0 Å². The number of halogens is 1. The fourth-order valence-corrected chi connectivity index (χ4v) is 3.89. The van der Waals surface area contributed by atoms with Crippen LogP contribution in [0.1, 0.15) is 25.8 Å². The Morgan fingerprint density at radius 3 is 2.70 bits per heavy atom. The minimum atomic E-state index is -0.363. The molecule has 0 saturated heterocycles. The molecule has 2 N–H and O–H groups in total. The molecule has 0 spiro atoms. The zero-order valence-electron chi connectivity index (χ0n) is 14.2. The van der Waals surface area contributed by atoms with E-state index in [0.717, 1.165) is 0 Å². The molecule has 3 aromatic rings. The molecule has 0 aliphatic heterocycles. The summed E-state index contributed by atoms with van der Waals surface area (Å²) in [7, 11) is 0. The number of benzene rings is 1. The number of nitrogens with one attached hydrogen (secondary N) is 2. The summed E-state index contributed by atoms with van der Waals surface area (Å²) in [5.41, 5.74) is 0.657. The number of anilines is 1. The van der Waals surface area contributed by atoms with Crippen LogP contribution in [0.15, 0.2) is 59.2 Å². The third-order valence-corrected chi connectivity index (χ3v) is 5.57. The fraction of sp³-hybridized carbons (Fsp3) is 0.158. The third kappa shape index (κ3) is 5.45. The number of hydrogen-bond acceptors (Lipinski definition) is 5. The van der Waals surface area contributed by atoms with Crippen molar-refractivity contribution in [3.05, 3.63) is 76.8 Å². The van der Waals surface area contributed by atoms with E-state index in [1.165, 1.54) is 23.7 Å². The predicted molar refractivity (Wildman–Crippen MR) is 106 cm³/mol. The second-order valence-electron chi connectivity index (χ2n) is 5.50. The maximum Gasteiger partial charge on any atom is 0.291 e. The van der Waals surface area contributed by atoms with Crippen molar-refractivity contribution in [1.82, 2.24) is 5.32 Å². The molecule has 140 valence electrons. The molecule has 27 heavy (non-hydrogen) atoms. The largest absolute Gasteiger partial charge is 0.459 e. The van der Waals surface area contributed by atoms with E-state index in [2.05, 4.69) is 10.6 Å². The normalized spacial score (nSPS) is 10.6. The summed E-state index contributed by atoms with van der Waals surface area (Å²) in [5, 5.41) is 6.07. The molecule has 0 bridgehead atoms. The van der Waals surface area contributed by atoms with Crippen LogP contribution in [0.3, 0.4) is 0 Å². The number of furan rings is 1. The van der Waals surface area contributed by atoms with E-state index in [1.54, 1.807) is 54.2 Å². The van der Waals surface area contributed by atoms with E-state index in [9.17, 15) is 14.0 Å². The van der Waals surface area contributed by atoms with E-state index < -0.39 is 0 Å². The van der Waals surface area contributed by atoms with Crippen molar-refractivity contribution < 1.29 is 18.4 Å². The Kier molecular flexibility index (Phi) is 6.67. The van der Waals surface area contributed by atoms with Gasteiger partial charge in [0.25, 0.3) is 11.8 Å². The molecule has 5 nitrogen and oxygen atoms in total. The molecule has 2 heterocycles. The minimum Gasteiger partial charge on any atom is -0.459 e. The monoisotopic (exact) mass is 404 g/mol. The number of carbonyl (C=O) groups is 2. The maximum absolute atomic E-state index is 13.5. The first kappa shape index (κ1) is 19.2. The van der Waals surface area contributed by atoms with E-state index in [1.807, 2.05) is 0 Å². The lowest BCUT2D eigenvalue weighted by atomic mass is 10.2. The average Bonchev–Trinajstić information content (AvgIpc) is 3.34. The molecule has 0 fully saturated rings. The van der Waals surface area contributed by atoms with Gasteiger partial charge in [-0.1, -0.05) is 18.2 Å². The second-order valence-corrected chi connectivity index (χ2v) is 7.68. The third-order valence-electron chi connectivity index (χ3n) is 3.56. The van der Waals surface area contributed by atoms with Gasteiger partial charge in [-0.15, -0.1) is 11.3 Å². The van der Waals surface area contributed by atoms with Gasteiger partial charge in [0, 0.05) is 18.1 Å². The molecular weight excluding hydrogens is 387 g/mol. The van der Waals surface area contributed by atoms with Crippen molar-refractivity contribution in [2.45, 2.75) is 5.75 Å². The van der Waals surface area contributed by atoms with Crippen molar-refractivity contribution in [1.29, 1.82) is 0 Å². The molecule has 0 saturated carbocycles. The summed E-state index contributed by atoms with van der Waals surface area (Å²) < 4.78 is 18.5. The summed E-state index contributed by atoms with van der Waals surface area (Å²) >= 11 is 2.74. The fourth-order valence-electron chi connectivity index (χ4n) is 2.23. The molecule has 2 aromatic heterocycles. The van der Waals surface area contributed by atoms with E-state index in [4.69, 9.17) is 4.42 Å². The van der Waals surface area contributed by atoms with Gasteiger partial charge in [-0.3, -0.25) is 9.59 Å². The number of thiophene rings is 1. The van der Waals surface area contributed by atoms with Crippen LogP contribution >= 0.6 is 23.1 Å². The van der Waals surface area contributed by atoms with Gasteiger partial charge in [0.2, 0.25) is 0 Å². The molecule has 3 rings (SSSR count). The highest BCUT2D eigenvalue weighted by Gasteiger charge is 2.13. The summed E-state index contributed by atoms with van der Waals surface area (Å²) in [6.07, 6.45) is 1.42. The van der Waals surface area contributed by atoms with Crippen molar-refractivity contribution in [2.75, 3.05) is 17.6 Å². The molecule has 0 atom stereocenters. The number of carbonyl (C=O) groups excluding carboxylic acids is 2. The second kappa shape index (κ2) is 9.38. The van der Waals surface area contributed by atoms with Crippen molar-refractivity contribution >= 4 is 39.9 Å². The first-order valence-corrected chi connectivity index (χ1v) is 10.1. The first-order valence-electron chi connectivity index (χ1n) is 8.17. The lowest BCUT2D eigenvalue weighted by Gasteiger charge is -2.05. The smallest absolute Gasteiger partial charge is 0.291 e. The quantitative estimate of drug-likeness (QED) is 0.546. The topological polar surface area (TPSA) is 71.3 Å². The molecule has 1 aromatic carbocycles. The lowest BCUT2D eigenvalue weighted by Crippen LogP contribution is -2.24. The Morgan fingerprint density at radius 2 is 1.93 bits per heavy atom. The SMILES string of the molecule is O=C(Nc1ccc(C(=O)NCCSCc2ccccc2F)s1)c1ccco1. The number of thioether (sulfide) groups is 1. The summed E-state index contributed by atoms with van der Waals surface area (Å²) in [4.78, 5) is 24.6. The van der Waals surface area contributed by atoms with Gasteiger partial charge in [0.1, 0.15) is 5.82 Å². The van der Waals surface area contributed by atoms with E-state index in [-0.39, 0.29) is 23.4 Å². The van der Waals surface area contributed by atoms with Crippen LogP contribution in [0.2, 0.25) is 0 Å². The molecule has 0 radical (unpaired) electrons. The Balaban J connectivity index is 1.40. The number of hydrogen-bond donors (Lipinski definition) is 2. The Morgan fingerprint density at radius 1 is 1.07 bits per heavy atom. The van der Waals surface area contributed by atoms with Crippen LogP contribution in [-0.4, -0.2) is 24.1 Å². The number of amides is 2. The zero-order valence-corrected chi connectivity index (χ0v) is 15.9. The van der Waals surface area contributed by atoms with Gasteiger partial charge in [0.15, 0.2) is 5.76 Å². The van der Waals surface area contributed by atoms with Crippen molar-refractivity contribution in [2.24, 2.45) is 0 Å². The van der Waals surface area contributed by atoms with Crippen LogP contribution in [0.25, 0.3) is 0 Å². The van der Waals surface area contributed by atoms with Gasteiger partial charge in [0.05, 0.1) is 16.1 Å². The molecule has 8 heteroatoms. The highest BCUT2D eigenvalue weighted by atomic mass is 32.2. The Hall–Kier alpha value is -2.58. The summed E-state index contributed by atoms with van der Waals surface area (Å²) in [6.45, 7) is 0.476. The predicted octanol–water partition coefficient (Wildman–Crippen LogP) is 4.40. The Bertz CT molecular complexity index is 909. The Labute approximate surface area is 164 Å². The molecule has 0 unspecified atom stereocenters. The highest BCUT2D eigenvalue weighted by Crippen LogP contribution is 2.22. The first-order chi connectivity index (χ1) is 13.1. The van der Waals surface area contributed by atoms with E-state index in [0.29, 0.717) is 33.5 Å². The molecular formula is C19H17FN2O3S2. The van der Waals surface area contributed by atoms with Crippen LogP contribution in [0.5, 0.6) is 0 Å². The standard InChI is InChI=1S/C19H17FN2O3S2/c20-14-5-2-1-4-13(14)12-26-11-9-21-19(24)16-7-8-17(27-16)22-18(23)15-6-3-10-25-15/h1-8,10H,9,11-12H2,(H,21,24)(H,22,23). The van der Waals surface area contributed by atoms with Crippen molar-refractivity contribution in [3.8, 4) is 0 Å². The highest BCUT2D eigenvalue weighted by molar-refractivity contribution is 7.98. The van der Waals surface area contributed by atoms with E-state index >= 15 is 0 Å². The van der Waals surface area contributed by atoms with Gasteiger partial charge in [-0.05, 0) is 35.9 Å². The van der Waals surface area contributed by atoms with Gasteiger partial charge >= 0.3 is 0 Å². The van der Waals surface area contributed by atoms with Crippen LogP contribution in [0.4, 0.5) is 9.39 Å². The summed E-state index contributed by atoms with van der Waals surface area (Å²) in [5.74, 6) is 0.666. The molecule has 2 amide bonds. The number of rotatable bonds is 8. The van der Waals surface area contributed by atoms with Gasteiger partial charge in [-0.2, -0.15) is 11.8 Å². The minimum absolute atomic E-state index is 0.204.